The Hall–Kier alpha value is -3.35. The van der Waals surface area contributed by atoms with Crippen molar-refractivity contribution >= 4 is 11.6 Å². The topological polar surface area (TPSA) is 64.8 Å². The number of para-hydroxylation sites is 1. The zero-order chi connectivity index (χ0) is 21.3. The average Bonchev–Trinajstić information content (AvgIpc) is 3.08. The maximum atomic E-state index is 14.5. The van der Waals surface area contributed by atoms with Gasteiger partial charge < -0.3 is 18.9 Å². The van der Waals surface area contributed by atoms with Crippen LogP contribution in [0.4, 0.5) is 10.1 Å². The van der Waals surface area contributed by atoms with Crippen LogP contribution in [0.15, 0.2) is 40.9 Å². The van der Waals surface area contributed by atoms with Crippen LogP contribution in [0.2, 0.25) is 0 Å². The molecule has 1 aliphatic heterocycles. The molecule has 1 amide bonds. The summed E-state index contributed by atoms with van der Waals surface area (Å²) < 4.78 is 30.9. The highest BCUT2D eigenvalue weighted by Crippen LogP contribution is 2.34. The lowest BCUT2D eigenvalue weighted by molar-refractivity contribution is 0.0983. The summed E-state index contributed by atoms with van der Waals surface area (Å²) in [6.45, 7) is 4.42. The van der Waals surface area contributed by atoms with Gasteiger partial charge in [-0.25, -0.2) is 4.39 Å². The van der Waals surface area contributed by atoms with Gasteiger partial charge in [0.15, 0.2) is 11.5 Å². The summed E-state index contributed by atoms with van der Waals surface area (Å²) in [5, 5.41) is 3.92. The number of hydrogen-bond donors (Lipinski definition) is 0. The summed E-state index contributed by atoms with van der Waals surface area (Å²) in [4.78, 5) is 14.7. The van der Waals surface area contributed by atoms with Crippen molar-refractivity contribution in [3.05, 3.63) is 70.4 Å². The number of fused-ring (bicyclic) bond motifs is 1. The van der Waals surface area contributed by atoms with Crippen LogP contribution in [0.5, 0.6) is 11.5 Å². The lowest BCUT2D eigenvalue weighted by Crippen LogP contribution is -2.36. The second-order valence-electron chi connectivity index (χ2n) is 7.26. The number of amides is 1. The summed E-state index contributed by atoms with van der Waals surface area (Å²) in [7, 11) is 1.52. The number of ether oxygens (including phenoxy) is 2. The van der Waals surface area contributed by atoms with Crippen molar-refractivity contribution in [2.75, 3.05) is 18.6 Å². The van der Waals surface area contributed by atoms with Gasteiger partial charge in [-0.2, -0.15) is 0 Å². The molecule has 0 unspecified atom stereocenters. The van der Waals surface area contributed by atoms with Gasteiger partial charge >= 0.3 is 0 Å². The third-order valence-electron chi connectivity index (χ3n) is 5.38. The molecule has 0 N–H and O–H groups in total. The quantitative estimate of drug-likeness (QED) is 0.615. The van der Waals surface area contributed by atoms with Gasteiger partial charge in [0.2, 0.25) is 0 Å². The number of anilines is 1. The zero-order valence-corrected chi connectivity index (χ0v) is 17.2. The van der Waals surface area contributed by atoms with Crippen LogP contribution in [0.25, 0.3) is 0 Å². The standard InChI is InChI=1S/C23H23FN2O4/c1-14-18(15(2)30-25-14)13-29-20-10-9-17(12-21(20)28-3)23(27)26-11-5-7-16-6-4-8-19(24)22(16)26/h4,6,8-10,12H,5,7,11,13H2,1-3H3. The first-order valence-corrected chi connectivity index (χ1v) is 9.81. The van der Waals surface area contributed by atoms with Crippen LogP contribution < -0.4 is 14.4 Å². The third kappa shape index (κ3) is 3.63. The number of methoxy groups -OCH3 is 1. The molecule has 2 aromatic carbocycles. The van der Waals surface area contributed by atoms with Gasteiger partial charge in [0.25, 0.3) is 5.91 Å². The smallest absolute Gasteiger partial charge is 0.258 e. The molecule has 30 heavy (non-hydrogen) atoms. The molecular formula is C23H23FN2O4. The fourth-order valence-electron chi connectivity index (χ4n) is 3.74. The summed E-state index contributed by atoms with van der Waals surface area (Å²) >= 11 is 0. The maximum Gasteiger partial charge on any atom is 0.258 e. The highest BCUT2D eigenvalue weighted by atomic mass is 19.1. The fourth-order valence-corrected chi connectivity index (χ4v) is 3.74. The Labute approximate surface area is 174 Å². The van der Waals surface area contributed by atoms with Gasteiger partial charge in [-0.3, -0.25) is 4.79 Å². The third-order valence-corrected chi connectivity index (χ3v) is 5.38. The molecule has 1 aromatic heterocycles. The van der Waals surface area contributed by atoms with Gasteiger partial charge in [0, 0.05) is 12.1 Å². The Balaban J connectivity index is 1.58. The molecular weight excluding hydrogens is 387 g/mol. The molecule has 0 fully saturated rings. The first-order valence-electron chi connectivity index (χ1n) is 9.81. The van der Waals surface area contributed by atoms with Crippen molar-refractivity contribution in [3.8, 4) is 11.5 Å². The monoisotopic (exact) mass is 410 g/mol. The van der Waals surface area contributed by atoms with Crippen LogP contribution in [-0.4, -0.2) is 24.7 Å². The van der Waals surface area contributed by atoms with E-state index in [-0.39, 0.29) is 18.3 Å². The minimum absolute atomic E-state index is 0.267. The van der Waals surface area contributed by atoms with E-state index < -0.39 is 0 Å². The molecule has 3 aromatic rings. The molecule has 0 aliphatic carbocycles. The number of benzene rings is 2. The summed E-state index contributed by atoms with van der Waals surface area (Å²) in [6, 6.07) is 9.91. The molecule has 0 bridgehead atoms. The largest absolute Gasteiger partial charge is 0.493 e. The van der Waals surface area contributed by atoms with E-state index in [9.17, 15) is 9.18 Å². The predicted octanol–water partition coefficient (Wildman–Crippen LogP) is 4.61. The van der Waals surface area contributed by atoms with Crippen molar-refractivity contribution in [2.45, 2.75) is 33.3 Å². The molecule has 2 heterocycles. The fraction of sp³-hybridized carbons (Fsp3) is 0.304. The molecule has 0 saturated heterocycles. The van der Waals surface area contributed by atoms with Crippen LogP contribution >= 0.6 is 0 Å². The number of carbonyl (C=O) groups is 1. The van der Waals surface area contributed by atoms with E-state index in [1.54, 1.807) is 24.3 Å². The molecule has 7 heteroatoms. The second kappa shape index (κ2) is 8.18. The Bertz CT molecular complexity index is 1070. The highest BCUT2D eigenvalue weighted by molar-refractivity contribution is 6.07. The first kappa shape index (κ1) is 19.9. The van der Waals surface area contributed by atoms with E-state index in [0.717, 1.165) is 29.7 Å². The second-order valence-corrected chi connectivity index (χ2v) is 7.26. The molecule has 0 spiro atoms. The normalized spacial score (nSPS) is 13.1. The summed E-state index contributed by atoms with van der Waals surface area (Å²) in [5.41, 5.74) is 3.27. The number of nitrogens with zero attached hydrogens (tertiary/aromatic N) is 2. The molecule has 156 valence electrons. The van der Waals surface area contributed by atoms with Crippen molar-refractivity contribution in [1.82, 2.24) is 5.16 Å². The summed E-state index contributed by atoms with van der Waals surface area (Å²) in [6.07, 6.45) is 1.55. The molecule has 4 rings (SSSR count). The minimum Gasteiger partial charge on any atom is -0.493 e. The number of carbonyl (C=O) groups excluding carboxylic acids is 1. The van der Waals surface area contributed by atoms with E-state index in [1.807, 2.05) is 19.9 Å². The summed E-state index contributed by atoms with van der Waals surface area (Å²) in [5.74, 6) is 0.977. The lowest BCUT2D eigenvalue weighted by Gasteiger charge is -2.30. The zero-order valence-electron chi connectivity index (χ0n) is 17.2. The number of aromatic nitrogens is 1. The van der Waals surface area contributed by atoms with E-state index >= 15 is 0 Å². The van der Waals surface area contributed by atoms with Crippen molar-refractivity contribution in [1.29, 1.82) is 0 Å². The molecule has 0 atom stereocenters. The van der Waals surface area contributed by atoms with Crippen molar-refractivity contribution in [2.24, 2.45) is 0 Å². The Kier molecular flexibility index (Phi) is 5.44. The predicted molar refractivity (Wildman–Crippen MR) is 110 cm³/mol. The van der Waals surface area contributed by atoms with Gasteiger partial charge in [-0.05, 0) is 56.5 Å². The molecule has 0 radical (unpaired) electrons. The molecule has 0 saturated carbocycles. The maximum absolute atomic E-state index is 14.5. The van der Waals surface area contributed by atoms with Crippen molar-refractivity contribution < 1.29 is 23.2 Å². The lowest BCUT2D eigenvalue weighted by atomic mass is 10.00. The number of aryl methyl sites for hydroxylation is 3. The minimum atomic E-state index is -0.382. The van der Waals surface area contributed by atoms with Crippen LogP contribution in [0.1, 0.15) is 39.4 Å². The Morgan fingerprint density at radius 1 is 1.23 bits per heavy atom. The van der Waals surface area contributed by atoms with Crippen LogP contribution in [0, 0.1) is 19.7 Å². The molecule has 1 aliphatic rings. The molecule has 6 nitrogen and oxygen atoms in total. The van der Waals surface area contributed by atoms with Crippen LogP contribution in [0.3, 0.4) is 0 Å². The highest BCUT2D eigenvalue weighted by Gasteiger charge is 2.27. The Morgan fingerprint density at radius 2 is 2.07 bits per heavy atom. The van der Waals surface area contributed by atoms with Gasteiger partial charge in [-0.1, -0.05) is 17.3 Å². The average molecular weight is 410 g/mol. The number of rotatable bonds is 5. The number of hydrogen-bond acceptors (Lipinski definition) is 5. The van der Waals surface area contributed by atoms with Crippen LogP contribution in [-0.2, 0) is 13.0 Å². The SMILES string of the molecule is COc1cc(C(=O)N2CCCc3cccc(F)c32)ccc1OCc1c(C)noc1C. The van der Waals surface area contributed by atoms with Gasteiger partial charge in [0.1, 0.15) is 18.2 Å². The van der Waals surface area contributed by atoms with E-state index in [0.29, 0.717) is 35.1 Å². The van der Waals surface area contributed by atoms with Gasteiger partial charge in [0.05, 0.1) is 24.1 Å². The van der Waals surface area contributed by atoms with E-state index in [4.69, 9.17) is 14.0 Å². The van der Waals surface area contributed by atoms with Gasteiger partial charge in [-0.15, -0.1) is 0 Å². The first-order chi connectivity index (χ1) is 14.5. The van der Waals surface area contributed by atoms with E-state index in [1.165, 1.54) is 18.1 Å². The van der Waals surface area contributed by atoms with Crippen molar-refractivity contribution in [3.63, 3.8) is 0 Å². The van der Waals surface area contributed by atoms with E-state index in [2.05, 4.69) is 5.16 Å². The Morgan fingerprint density at radius 3 is 2.80 bits per heavy atom. The number of halogens is 1.